The molecule has 0 atom stereocenters. The van der Waals surface area contributed by atoms with Crippen LogP contribution in [0.5, 0.6) is 5.75 Å². The molecule has 0 saturated heterocycles. The second-order valence-electron chi connectivity index (χ2n) is 3.42. The second-order valence-corrected chi connectivity index (χ2v) is 3.42. The Bertz CT molecular complexity index is 519. The molecule has 2 rings (SSSR count). The van der Waals surface area contributed by atoms with Crippen molar-refractivity contribution in [3.8, 4) is 5.75 Å². The highest BCUT2D eigenvalue weighted by atomic mass is 19.1. The third-order valence-corrected chi connectivity index (χ3v) is 2.26. The van der Waals surface area contributed by atoms with Gasteiger partial charge in [0.2, 0.25) is 0 Å². The summed E-state index contributed by atoms with van der Waals surface area (Å²) < 4.78 is 18.0. The van der Waals surface area contributed by atoms with Crippen LogP contribution in [-0.4, -0.2) is 16.1 Å². The number of carbonyl (C=O) groups is 1. The molecule has 17 heavy (non-hydrogen) atoms. The monoisotopic (exact) mass is 235 g/mol. The smallest absolute Gasteiger partial charge is 0.337 e. The molecular weight excluding hydrogens is 225 g/mol. The first-order chi connectivity index (χ1) is 8.16. The van der Waals surface area contributed by atoms with Crippen LogP contribution in [0, 0.1) is 5.82 Å². The van der Waals surface area contributed by atoms with Crippen LogP contribution in [0.25, 0.3) is 0 Å². The Morgan fingerprint density at radius 1 is 1.29 bits per heavy atom. The van der Waals surface area contributed by atoms with Gasteiger partial charge in [-0.05, 0) is 30.3 Å². The molecule has 0 bridgehead atoms. The van der Waals surface area contributed by atoms with E-state index < -0.39 is 5.97 Å². The summed E-state index contributed by atoms with van der Waals surface area (Å²) in [4.78, 5) is 13.6. The molecular formula is C12H10FNO3. The molecule has 1 heterocycles. The quantitative estimate of drug-likeness (QED) is 0.855. The molecule has 0 radical (unpaired) electrons. The van der Waals surface area contributed by atoms with Crippen LogP contribution in [-0.2, 0) is 6.61 Å². The molecule has 0 aliphatic carbocycles. The first-order valence-corrected chi connectivity index (χ1v) is 4.95. The zero-order valence-electron chi connectivity index (χ0n) is 8.81. The molecule has 0 spiro atoms. The maximum Gasteiger partial charge on any atom is 0.337 e. The Kier molecular flexibility index (Phi) is 3.09. The van der Waals surface area contributed by atoms with E-state index in [-0.39, 0.29) is 18.0 Å². The van der Waals surface area contributed by atoms with Crippen LogP contribution in [0.2, 0.25) is 0 Å². The van der Waals surface area contributed by atoms with Gasteiger partial charge < -0.3 is 14.8 Å². The Labute approximate surface area is 96.7 Å². The van der Waals surface area contributed by atoms with E-state index in [4.69, 9.17) is 9.84 Å². The zero-order valence-corrected chi connectivity index (χ0v) is 8.81. The number of ether oxygens (including phenoxy) is 1. The molecule has 0 aliphatic rings. The lowest BCUT2D eigenvalue weighted by Crippen LogP contribution is -2.03. The molecule has 0 unspecified atom stereocenters. The molecule has 0 amide bonds. The van der Waals surface area contributed by atoms with Crippen molar-refractivity contribution in [1.82, 2.24) is 4.98 Å². The molecule has 88 valence electrons. The predicted molar refractivity (Wildman–Crippen MR) is 58.5 cm³/mol. The summed E-state index contributed by atoms with van der Waals surface area (Å²) in [6.45, 7) is 0.0975. The molecule has 0 aliphatic heterocycles. The number of H-pyrrole nitrogens is 1. The van der Waals surface area contributed by atoms with Crippen LogP contribution >= 0.6 is 0 Å². The lowest BCUT2D eigenvalue weighted by atomic mass is 10.2. The van der Waals surface area contributed by atoms with E-state index in [1.807, 2.05) is 0 Å². The molecule has 0 saturated carbocycles. The van der Waals surface area contributed by atoms with Crippen LogP contribution < -0.4 is 4.74 Å². The fraction of sp³-hybridized carbons (Fsp3) is 0.0833. The Balaban J connectivity index is 2.05. The molecule has 1 aromatic heterocycles. The first kappa shape index (κ1) is 11.2. The summed E-state index contributed by atoms with van der Waals surface area (Å²) >= 11 is 0. The van der Waals surface area contributed by atoms with Crippen molar-refractivity contribution in [2.24, 2.45) is 0 Å². The molecule has 4 nitrogen and oxygen atoms in total. The summed E-state index contributed by atoms with van der Waals surface area (Å²) in [6, 6.07) is 6.99. The number of carboxylic acid groups (broad SMARTS) is 1. The van der Waals surface area contributed by atoms with E-state index in [0.29, 0.717) is 11.4 Å². The van der Waals surface area contributed by atoms with E-state index in [0.717, 1.165) is 0 Å². The summed E-state index contributed by atoms with van der Waals surface area (Å²) in [6.07, 6.45) is 1.53. The van der Waals surface area contributed by atoms with Gasteiger partial charge in [-0.25, -0.2) is 9.18 Å². The standard InChI is InChI=1S/C12H10FNO3/c13-8-1-3-9(4-2-8)17-7-11-10(12(15)16)5-6-14-11/h1-6,14H,7H2,(H,15,16). The average Bonchev–Trinajstić information content (AvgIpc) is 2.76. The fourth-order valence-corrected chi connectivity index (χ4v) is 1.41. The Morgan fingerprint density at radius 2 is 2.00 bits per heavy atom. The van der Waals surface area contributed by atoms with Gasteiger partial charge in [0.15, 0.2) is 0 Å². The van der Waals surface area contributed by atoms with Crippen LogP contribution in [0.3, 0.4) is 0 Å². The molecule has 5 heteroatoms. The van der Waals surface area contributed by atoms with Crippen LogP contribution in [0.4, 0.5) is 4.39 Å². The predicted octanol–water partition coefficient (Wildman–Crippen LogP) is 2.43. The van der Waals surface area contributed by atoms with Crippen LogP contribution in [0.1, 0.15) is 16.1 Å². The van der Waals surface area contributed by atoms with E-state index in [2.05, 4.69) is 4.98 Å². The van der Waals surface area contributed by atoms with Crippen molar-refractivity contribution < 1.29 is 19.0 Å². The SMILES string of the molecule is O=C(O)c1cc[nH]c1COc1ccc(F)cc1. The maximum absolute atomic E-state index is 12.6. The van der Waals surface area contributed by atoms with Crippen molar-refractivity contribution >= 4 is 5.97 Å². The minimum absolute atomic E-state index is 0.0975. The minimum atomic E-state index is -1.01. The molecule has 0 fully saturated rings. The first-order valence-electron chi connectivity index (χ1n) is 4.95. The van der Waals surface area contributed by atoms with E-state index in [1.54, 1.807) is 0 Å². The normalized spacial score (nSPS) is 10.2. The van der Waals surface area contributed by atoms with Gasteiger partial charge in [-0.1, -0.05) is 0 Å². The highest BCUT2D eigenvalue weighted by Crippen LogP contribution is 2.14. The van der Waals surface area contributed by atoms with E-state index >= 15 is 0 Å². The third-order valence-electron chi connectivity index (χ3n) is 2.26. The fourth-order valence-electron chi connectivity index (χ4n) is 1.41. The number of halogens is 1. The highest BCUT2D eigenvalue weighted by molar-refractivity contribution is 5.88. The lowest BCUT2D eigenvalue weighted by Gasteiger charge is -2.05. The second kappa shape index (κ2) is 4.69. The van der Waals surface area contributed by atoms with Crippen molar-refractivity contribution in [1.29, 1.82) is 0 Å². The van der Waals surface area contributed by atoms with Crippen molar-refractivity contribution in [3.63, 3.8) is 0 Å². The molecule has 2 N–H and O–H groups in total. The van der Waals surface area contributed by atoms with Gasteiger partial charge in [-0.3, -0.25) is 0 Å². The lowest BCUT2D eigenvalue weighted by molar-refractivity contribution is 0.0694. The van der Waals surface area contributed by atoms with Crippen molar-refractivity contribution in [3.05, 3.63) is 53.6 Å². The number of rotatable bonds is 4. The Morgan fingerprint density at radius 3 is 2.65 bits per heavy atom. The summed E-state index contributed by atoms with van der Waals surface area (Å²) in [7, 11) is 0. The van der Waals surface area contributed by atoms with Crippen molar-refractivity contribution in [2.75, 3.05) is 0 Å². The average molecular weight is 235 g/mol. The van der Waals surface area contributed by atoms with Crippen molar-refractivity contribution in [2.45, 2.75) is 6.61 Å². The van der Waals surface area contributed by atoms with Crippen LogP contribution in [0.15, 0.2) is 36.5 Å². The number of benzene rings is 1. The number of aromatic amines is 1. The topological polar surface area (TPSA) is 62.3 Å². The summed E-state index contributed by atoms with van der Waals surface area (Å²) in [5.41, 5.74) is 0.647. The number of aromatic carboxylic acids is 1. The number of hydrogen-bond acceptors (Lipinski definition) is 2. The summed E-state index contributed by atoms with van der Waals surface area (Å²) in [5, 5.41) is 8.86. The van der Waals surface area contributed by atoms with Gasteiger partial charge in [0.1, 0.15) is 18.2 Å². The minimum Gasteiger partial charge on any atom is -0.487 e. The number of nitrogens with one attached hydrogen (secondary N) is 1. The van der Waals surface area contributed by atoms with Gasteiger partial charge in [0, 0.05) is 6.20 Å². The number of carboxylic acids is 1. The van der Waals surface area contributed by atoms with Gasteiger partial charge in [-0.15, -0.1) is 0 Å². The molecule has 2 aromatic rings. The Hall–Kier alpha value is -2.30. The zero-order chi connectivity index (χ0) is 12.3. The highest BCUT2D eigenvalue weighted by Gasteiger charge is 2.11. The van der Waals surface area contributed by atoms with E-state index in [1.165, 1.54) is 36.5 Å². The summed E-state index contributed by atoms with van der Waals surface area (Å²) in [5.74, 6) is -0.871. The van der Waals surface area contributed by atoms with E-state index in [9.17, 15) is 9.18 Å². The van der Waals surface area contributed by atoms with Gasteiger partial charge in [0.05, 0.1) is 11.3 Å². The largest absolute Gasteiger partial charge is 0.487 e. The van der Waals surface area contributed by atoms with Gasteiger partial charge in [-0.2, -0.15) is 0 Å². The number of aromatic nitrogens is 1. The number of hydrogen-bond donors (Lipinski definition) is 2. The third kappa shape index (κ3) is 2.63. The van der Waals surface area contributed by atoms with Gasteiger partial charge in [0.25, 0.3) is 0 Å². The molecule has 1 aromatic carbocycles. The maximum atomic E-state index is 12.6. The van der Waals surface area contributed by atoms with Gasteiger partial charge >= 0.3 is 5.97 Å².